The number of fused-ring (bicyclic) bond motifs is 4. The molecule has 2 heterocycles. The molecule has 3 rings (SSSR count). The molecule has 2 bridgehead atoms. The van der Waals surface area contributed by atoms with Crippen LogP contribution in [0.1, 0.15) is 58.3 Å². The van der Waals surface area contributed by atoms with Crippen molar-refractivity contribution < 1.29 is 28.9 Å². The van der Waals surface area contributed by atoms with Gasteiger partial charge < -0.3 is 34.5 Å². The molecule has 0 aliphatic carbocycles. The molecule has 12 heteroatoms. The number of rotatable bonds is 8. The Morgan fingerprint density at radius 1 is 1.17 bits per heavy atom. The number of methoxy groups -OCH3 is 1. The summed E-state index contributed by atoms with van der Waals surface area (Å²) in [5, 5.41) is 19.3. The maximum absolute atomic E-state index is 12.9. The number of hydrogen-bond donors (Lipinski definition) is 4. The normalized spacial score (nSPS) is 17.8. The van der Waals surface area contributed by atoms with Crippen molar-refractivity contribution in [3.05, 3.63) is 30.2 Å². The van der Waals surface area contributed by atoms with Gasteiger partial charge in [-0.15, -0.1) is 0 Å². The van der Waals surface area contributed by atoms with Crippen LogP contribution in [0.15, 0.2) is 24.4 Å². The fourth-order valence-electron chi connectivity index (χ4n) is 4.50. The van der Waals surface area contributed by atoms with Crippen LogP contribution in [0.25, 0.3) is 11.3 Å². The van der Waals surface area contributed by atoms with Gasteiger partial charge >= 0.3 is 12.2 Å². The topological polar surface area (TPSA) is 136 Å². The van der Waals surface area contributed by atoms with Gasteiger partial charge in [-0.3, -0.25) is 5.32 Å². The van der Waals surface area contributed by atoms with Crippen molar-refractivity contribution >= 4 is 31.6 Å². The van der Waals surface area contributed by atoms with E-state index in [1.54, 1.807) is 12.1 Å². The third kappa shape index (κ3) is 10.4. The van der Waals surface area contributed by atoms with Gasteiger partial charge in [0.15, 0.2) is 0 Å². The number of carbonyl (C=O) groups is 2. The van der Waals surface area contributed by atoms with E-state index in [1.165, 1.54) is 7.11 Å². The number of aliphatic hydroxyl groups excluding tert-OH is 1. The number of nitrogens with zero attached hydrogens (tertiary/aromatic N) is 2. The second-order valence-corrected chi connectivity index (χ2v) is 18.3. The van der Waals surface area contributed by atoms with E-state index in [4.69, 9.17) is 19.2 Å². The molecular weight excluding hydrogens is 542 g/mol. The number of anilines is 2. The minimum atomic E-state index is -1.27. The highest BCUT2D eigenvalue weighted by Crippen LogP contribution is 2.34. The van der Waals surface area contributed by atoms with E-state index >= 15 is 0 Å². The number of nitrogens with one attached hydrogen (secondary N) is 3. The van der Waals surface area contributed by atoms with Crippen LogP contribution in [-0.2, 0) is 20.9 Å². The van der Waals surface area contributed by atoms with E-state index in [0.29, 0.717) is 42.7 Å². The minimum Gasteiger partial charge on any atom is -0.453 e. The summed E-state index contributed by atoms with van der Waals surface area (Å²) in [4.78, 5) is 29.7. The Balaban J connectivity index is 2.04. The van der Waals surface area contributed by atoms with Crippen molar-refractivity contribution in [3.8, 4) is 11.3 Å². The number of alkyl carbamates (subject to hydrolysis) is 1. The van der Waals surface area contributed by atoms with Gasteiger partial charge in [-0.1, -0.05) is 32.5 Å². The standard InChI is InChI=1S/C29H47N5O6Si/c1-29(2,3)40-28(37)33-23-11-9-8-10-21(18-35)30-24-16-20(31-27(36)38-4)12-13-22(24)25-17-34(26(23)32-25)19-39-14-15-41(5,6)7/h12-13,16-17,21,23,30,35H,8-11,14-15,18-19H2,1-7H3,(H,31,36)(H,33,37)/t21-,23+/m1/s1. The first-order valence-electron chi connectivity index (χ1n) is 14.3. The van der Waals surface area contributed by atoms with Gasteiger partial charge in [0.1, 0.15) is 18.2 Å². The summed E-state index contributed by atoms with van der Waals surface area (Å²) in [6.45, 7) is 13.3. The third-order valence-electron chi connectivity index (χ3n) is 6.64. The number of benzene rings is 1. The summed E-state index contributed by atoms with van der Waals surface area (Å²) >= 11 is 0. The zero-order valence-electron chi connectivity index (χ0n) is 25.5. The maximum Gasteiger partial charge on any atom is 0.411 e. The molecule has 0 saturated carbocycles. The molecule has 1 aliphatic rings. The quantitative estimate of drug-likeness (QED) is 0.219. The van der Waals surface area contributed by atoms with E-state index in [1.807, 2.05) is 37.6 Å². The second kappa shape index (κ2) is 14.2. The van der Waals surface area contributed by atoms with Crippen molar-refractivity contribution in [2.24, 2.45) is 0 Å². The lowest BCUT2D eigenvalue weighted by Crippen LogP contribution is -2.36. The first-order valence-corrected chi connectivity index (χ1v) is 18.0. The molecule has 2 aromatic rings. The van der Waals surface area contributed by atoms with E-state index < -0.39 is 31.9 Å². The summed E-state index contributed by atoms with van der Waals surface area (Å²) in [7, 11) is 0.0430. The summed E-state index contributed by atoms with van der Waals surface area (Å²) < 4.78 is 18.4. The highest BCUT2D eigenvalue weighted by molar-refractivity contribution is 6.76. The van der Waals surface area contributed by atoms with Crippen LogP contribution in [0.3, 0.4) is 0 Å². The SMILES string of the molecule is COC(=O)Nc1ccc2c(c1)N[C@@H](CO)CCCC[C@H](NC(=O)OC(C)(C)C)c1nc-2cn1COCC[Si](C)(C)C. The highest BCUT2D eigenvalue weighted by Gasteiger charge is 2.26. The Hall–Kier alpha value is -3.09. The van der Waals surface area contributed by atoms with Crippen molar-refractivity contribution in [2.75, 3.05) is 31.0 Å². The first-order chi connectivity index (χ1) is 19.3. The monoisotopic (exact) mass is 589 g/mol. The Kier molecular flexibility index (Phi) is 11.2. The molecule has 228 valence electrons. The van der Waals surface area contributed by atoms with Gasteiger partial charge in [0.2, 0.25) is 0 Å². The lowest BCUT2D eigenvalue weighted by molar-refractivity contribution is 0.0487. The molecule has 2 atom stereocenters. The number of aromatic nitrogens is 2. The molecule has 41 heavy (non-hydrogen) atoms. The van der Waals surface area contributed by atoms with Crippen molar-refractivity contribution in [2.45, 2.75) is 96.6 Å². The van der Waals surface area contributed by atoms with E-state index in [0.717, 1.165) is 30.9 Å². The zero-order chi connectivity index (χ0) is 30.2. The Labute approximate surface area is 244 Å². The molecule has 1 aromatic heterocycles. The van der Waals surface area contributed by atoms with Crippen LogP contribution < -0.4 is 16.0 Å². The molecule has 11 nitrogen and oxygen atoms in total. The number of carbonyl (C=O) groups excluding carboxylic acids is 2. The summed E-state index contributed by atoms with van der Waals surface area (Å²) in [6.07, 6.45) is 3.84. The first kappa shape index (κ1) is 32.4. The summed E-state index contributed by atoms with van der Waals surface area (Å²) in [5.74, 6) is 0.681. The van der Waals surface area contributed by atoms with Crippen LogP contribution in [0, 0.1) is 0 Å². The summed E-state index contributed by atoms with van der Waals surface area (Å²) in [6, 6.07) is 5.88. The highest BCUT2D eigenvalue weighted by atomic mass is 28.3. The largest absolute Gasteiger partial charge is 0.453 e. The molecule has 0 radical (unpaired) electrons. The smallest absolute Gasteiger partial charge is 0.411 e. The summed E-state index contributed by atoms with van der Waals surface area (Å²) in [5.41, 5.74) is 2.09. The fourth-order valence-corrected chi connectivity index (χ4v) is 5.26. The van der Waals surface area contributed by atoms with E-state index in [2.05, 4.69) is 35.6 Å². The fraction of sp³-hybridized carbons (Fsp3) is 0.621. The van der Waals surface area contributed by atoms with E-state index in [-0.39, 0.29) is 12.6 Å². The molecule has 1 aromatic carbocycles. The predicted molar refractivity (Wildman–Crippen MR) is 163 cm³/mol. The average molecular weight is 590 g/mol. The van der Waals surface area contributed by atoms with Gasteiger partial charge in [-0.05, 0) is 57.9 Å². The number of hydrogen-bond acceptors (Lipinski definition) is 8. The molecule has 0 spiro atoms. The predicted octanol–water partition coefficient (Wildman–Crippen LogP) is 5.95. The Morgan fingerprint density at radius 3 is 2.56 bits per heavy atom. The van der Waals surface area contributed by atoms with Gasteiger partial charge in [0.05, 0.1) is 25.5 Å². The average Bonchev–Trinajstić information content (AvgIpc) is 3.29. The number of ether oxygens (including phenoxy) is 3. The van der Waals surface area contributed by atoms with Crippen molar-refractivity contribution in [3.63, 3.8) is 0 Å². The van der Waals surface area contributed by atoms with Gasteiger partial charge in [0, 0.05) is 43.9 Å². The number of imidazole rings is 1. The molecule has 4 N–H and O–H groups in total. The molecule has 1 aliphatic heterocycles. The molecule has 0 unspecified atom stereocenters. The van der Waals surface area contributed by atoms with Crippen LogP contribution in [-0.4, -0.2) is 66.9 Å². The van der Waals surface area contributed by atoms with E-state index in [9.17, 15) is 14.7 Å². The lowest BCUT2D eigenvalue weighted by atomic mass is 10.0. The van der Waals surface area contributed by atoms with Gasteiger partial charge in [0.25, 0.3) is 0 Å². The molecular formula is C29H47N5O6Si. The van der Waals surface area contributed by atoms with Crippen LogP contribution in [0.4, 0.5) is 21.0 Å². The van der Waals surface area contributed by atoms with Crippen LogP contribution in [0.2, 0.25) is 25.7 Å². The minimum absolute atomic E-state index is 0.0572. The van der Waals surface area contributed by atoms with Gasteiger partial charge in [-0.2, -0.15) is 0 Å². The molecule has 0 fully saturated rings. The zero-order valence-corrected chi connectivity index (χ0v) is 26.5. The van der Waals surface area contributed by atoms with Crippen LogP contribution >= 0.6 is 0 Å². The van der Waals surface area contributed by atoms with Crippen molar-refractivity contribution in [1.29, 1.82) is 0 Å². The maximum atomic E-state index is 12.9. The second-order valence-electron chi connectivity index (χ2n) is 12.7. The third-order valence-corrected chi connectivity index (χ3v) is 8.34. The number of aliphatic hydroxyl groups is 1. The lowest BCUT2D eigenvalue weighted by Gasteiger charge is -2.25. The van der Waals surface area contributed by atoms with Gasteiger partial charge in [-0.25, -0.2) is 14.6 Å². The molecule has 2 amide bonds. The number of amides is 2. The molecule has 0 saturated heterocycles. The van der Waals surface area contributed by atoms with Crippen molar-refractivity contribution in [1.82, 2.24) is 14.9 Å². The Bertz CT molecular complexity index is 1170. The Morgan fingerprint density at radius 2 is 1.90 bits per heavy atom. The van der Waals surface area contributed by atoms with Crippen LogP contribution in [0.5, 0.6) is 0 Å².